The van der Waals surface area contributed by atoms with E-state index in [0.717, 1.165) is 31.4 Å². The molecule has 0 aliphatic heterocycles. The summed E-state index contributed by atoms with van der Waals surface area (Å²) >= 11 is 0. The summed E-state index contributed by atoms with van der Waals surface area (Å²) < 4.78 is 14.3. The molecule has 228 valence electrons. The molecule has 2 aliphatic carbocycles. The monoisotopic (exact) mass is 576 g/mol. The van der Waals surface area contributed by atoms with E-state index in [-0.39, 0.29) is 22.9 Å². The Hall–Kier alpha value is -3.10. The maximum Gasteiger partial charge on any atom is 0.214 e. The third-order valence-corrected chi connectivity index (χ3v) is 9.45. The zero-order valence-corrected chi connectivity index (χ0v) is 27.3. The van der Waals surface area contributed by atoms with Crippen LogP contribution in [0, 0.1) is 16.7 Å². The highest BCUT2D eigenvalue weighted by atomic mass is 16.7. The van der Waals surface area contributed by atoms with Crippen LogP contribution in [0.2, 0.25) is 0 Å². The van der Waals surface area contributed by atoms with Gasteiger partial charge >= 0.3 is 0 Å². The molecule has 3 unspecified atom stereocenters. The Balaban J connectivity index is 1.60. The van der Waals surface area contributed by atoms with Gasteiger partial charge in [-0.1, -0.05) is 151 Å². The van der Waals surface area contributed by atoms with Crippen molar-refractivity contribution >= 4 is 0 Å². The number of allylic oxidation sites excluding steroid dienone is 4. The highest BCUT2D eigenvalue weighted by Crippen LogP contribution is 2.49. The average Bonchev–Trinajstić information content (AvgIpc) is 3.51. The van der Waals surface area contributed by atoms with Crippen LogP contribution in [-0.2, 0) is 10.2 Å². The molecule has 0 N–H and O–H groups in total. The van der Waals surface area contributed by atoms with Crippen molar-refractivity contribution in [1.82, 2.24) is 0 Å². The highest BCUT2D eigenvalue weighted by molar-refractivity contribution is 5.45. The fourth-order valence-electron chi connectivity index (χ4n) is 7.25. The predicted molar refractivity (Wildman–Crippen MR) is 181 cm³/mol. The van der Waals surface area contributed by atoms with Crippen LogP contribution in [0.3, 0.4) is 0 Å². The largest absolute Gasteiger partial charge is 0.464 e. The summed E-state index contributed by atoms with van der Waals surface area (Å²) in [7, 11) is 0. The van der Waals surface area contributed by atoms with Gasteiger partial charge in [-0.15, -0.1) is 0 Å². The van der Waals surface area contributed by atoms with Crippen LogP contribution in [-0.4, -0.2) is 12.4 Å². The molecule has 0 radical (unpaired) electrons. The van der Waals surface area contributed by atoms with Crippen LogP contribution in [0.25, 0.3) is 0 Å². The first-order valence-electron chi connectivity index (χ1n) is 16.4. The topological polar surface area (TPSA) is 18.5 Å². The second-order valence-corrected chi connectivity index (χ2v) is 15.0. The smallest absolute Gasteiger partial charge is 0.214 e. The molecule has 1 fully saturated rings. The Kier molecular flexibility index (Phi) is 9.67. The van der Waals surface area contributed by atoms with Gasteiger partial charge in [0.2, 0.25) is 6.29 Å². The molecule has 0 saturated heterocycles. The lowest BCUT2D eigenvalue weighted by Gasteiger charge is -2.46. The van der Waals surface area contributed by atoms with E-state index in [1.807, 2.05) is 0 Å². The molecule has 5 rings (SSSR count). The van der Waals surface area contributed by atoms with E-state index in [1.165, 1.54) is 29.5 Å². The molecule has 0 spiro atoms. The Bertz CT molecular complexity index is 1290. The van der Waals surface area contributed by atoms with E-state index in [2.05, 4.69) is 151 Å². The molecule has 3 aromatic rings. The Morgan fingerprint density at radius 3 is 1.79 bits per heavy atom. The molecular formula is C41H52O2. The van der Waals surface area contributed by atoms with Crippen LogP contribution in [0.4, 0.5) is 0 Å². The van der Waals surface area contributed by atoms with Crippen molar-refractivity contribution < 1.29 is 9.47 Å². The average molecular weight is 577 g/mol. The zero-order chi connectivity index (χ0) is 30.5. The lowest BCUT2D eigenvalue weighted by Crippen LogP contribution is -2.52. The van der Waals surface area contributed by atoms with Crippen molar-refractivity contribution in [2.75, 3.05) is 0 Å². The molecule has 2 heteroatoms. The first-order valence-corrected chi connectivity index (χ1v) is 16.4. The standard InChI is InChI=1S/C41H52O2/c1-39(2,3)30-37(40(4,5)6)31-26-28-36(29-27-31)43-38(42-35-24-16-17-25-35)41(32-18-10-7-11-19-32,33-20-12-8-13-21-33)34-22-14-9-15-23-34/h7-15,18-22,26-29,34-35,37-38H,16-17,23-25,30H2,1-6H3. The Morgan fingerprint density at radius 1 is 0.721 bits per heavy atom. The minimum absolute atomic E-state index is 0.167. The molecule has 3 aromatic carbocycles. The van der Waals surface area contributed by atoms with Crippen molar-refractivity contribution in [3.63, 3.8) is 0 Å². The lowest BCUT2D eigenvalue weighted by molar-refractivity contribution is -0.158. The number of hydrogen-bond acceptors (Lipinski definition) is 2. The molecule has 43 heavy (non-hydrogen) atoms. The van der Waals surface area contributed by atoms with Crippen LogP contribution >= 0.6 is 0 Å². The SMILES string of the molecule is CC(C)(C)CC(c1ccc(OC(OC2CCCC2)C(c2ccccc2)(c2ccccc2)C2C=CC=CC2)cc1)C(C)(C)C. The molecule has 1 saturated carbocycles. The number of ether oxygens (including phenoxy) is 2. The first kappa shape index (κ1) is 31.3. The normalized spacial score (nSPS) is 19.3. The summed E-state index contributed by atoms with van der Waals surface area (Å²) in [6.45, 7) is 14.1. The van der Waals surface area contributed by atoms with E-state index in [4.69, 9.17) is 9.47 Å². The molecule has 0 heterocycles. The summed E-state index contributed by atoms with van der Waals surface area (Å²) in [5.74, 6) is 1.49. The van der Waals surface area contributed by atoms with Crippen LogP contribution < -0.4 is 4.74 Å². The number of hydrogen-bond donors (Lipinski definition) is 0. The van der Waals surface area contributed by atoms with Gasteiger partial charge in [0.25, 0.3) is 0 Å². The van der Waals surface area contributed by atoms with Gasteiger partial charge in [-0.25, -0.2) is 0 Å². The van der Waals surface area contributed by atoms with E-state index in [9.17, 15) is 0 Å². The summed E-state index contributed by atoms with van der Waals surface area (Å²) in [5, 5.41) is 0. The third kappa shape index (κ3) is 7.35. The number of rotatable bonds is 10. The lowest BCUT2D eigenvalue weighted by atomic mass is 9.63. The van der Waals surface area contributed by atoms with Crippen LogP contribution in [0.15, 0.2) is 109 Å². The molecule has 0 bridgehead atoms. The molecule has 3 atom stereocenters. The molecule has 0 amide bonds. The van der Waals surface area contributed by atoms with Crippen molar-refractivity contribution in [2.24, 2.45) is 16.7 Å². The second kappa shape index (κ2) is 13.3. The third-order valence-electron chi connectivity index (χ3n) is 9.45. The maximum absolute atomic E-state index is 7.16. The van der Waals surface area contributed by atoms with Crippen LogP contribution in [0.1, 0.15) is 103 Å². The van der Waals surface area contributed by atoms with Gasteiger partial charge in [0.15, 0.2) is 0 Å². The Morgan fingerprint density at radius 2 is 1.30 bits per heavy atom. The Labute approximate surface area is 261 Å². The zero-order valence-electron chi connectivity index (χ0n) is 27.3. The van der Waals surface area contributed by atoms with Gasteiger partial charge in [0, 0.05) is 5.92 Å². The first-order chi connectivity index (χ1) is 20.6. The summed E-state index contributed by atoms with van der Waals surface area (Å²) in [6, 6.07) is 30.8. The second-order valence-electron chi connectivity index (χ2n) is 15.0. The summed E-state index contributed by atoms with van der Waals surface area (Å²) in [5.41, 5.74) is 3.71. The fourth-order valence-corrected chi connectivity index (χ4v) is 7.25. The molecule has 2 nitrogen and oxygen atoms in total. The highest BCUT2D eigenvalue weighted by Gasteiger charge is 2.51. The van der Waals surface area contributed by atoms with Gasteiger partial charge in [0.05, 0.1) is 11.5 Å². The quantitative estimate of drug-likeness (QED) is 0.224. The van der Waals surface area contributed by atoms with Gasteiger partial charge in [-0.3, -0.25) is 0 Å². The predicted octanol–water partition coefficient (Wildman–Crippen LogP) is 11.0. The number of benzene rings is 3. The van der Waals surface area contributed by atoms with E-state index >= 15 is 0 Å². The van der Waals surface area contributed by atoms with Gasteiger partial charge in [-0.2, -0.15) is 0 Å². The van der Waals surface area contributed by atoms with Crippen molar-refractivity contribution in [3.05, 3.63) is 126 Å². The summed E-state index contributed by atoms with van der Waals surface area (Å²) in [4.78, 5) is 0. The van der Waals surface area contributed by atoms with Crippen molar-refractivity contribution in [2.45, 2.75) is 104 Å². The van der Waals surface area contributed by atoms with Gasteiger partial charge < -0.3 is 9.47 Å². The van der Waals surface area contributed by atoms with Crippen molar-refractivity contribution in [1.29, 1.82) is 0 Å². The minimum Gasteiger partial charge on any atom is -0.464 e. The van der Waals surface area contributed by atoms with E-state index in [1.54, 1.807) is 0 Å². The fraction of sp³-hybridized carbons (Fsp3) is 0.463. The van der Waals surface area contributed by atoms with Gasteiger partial charge in [-0.05, 0) is 71.3 Å². The van der Waals surface area contributed by atoms with Crippen LogP contribution in [0.5, 0.6) is 5.75 Å². The van der Waals surface area contributed by atoms with E-state index in [0.29, 0.717) is 5.92 Å². The summed E-state index contributed by atoms with van der Waals surface area (Å²) in [6.07, 6.45) is 15.3. The minimum atomic E-state index is -0.536. The van der Waals surface area contributed by atoms with Gasteiger partial charge in [0.1, 0.15) is 5.75 Å². The van der Waals surface area contributed by atoms with E-state index < -0.39 is 11.7 Å². The molecule has 0 aromatic heterocycles. The molecule has 2 aliphatic rings. The molecular weight excluding hydrogens is 524 g/mol. The maximum atomic E-state index is 7.16. The van der Waals surface area contributed by atoms with Crippen molar-refractivity contribution in [3.8, 4) is 5.75 Å².